The topological polar surface area (TPSA) is 80.3 Å². The molecule has 3 rings (SSSR count). The van der Waals surface area contributed by atoms with Crippen molar-refractivity contribution >= 4 is 34.0 Å². The first-order chi connectivity index (χ1) is 13.7. The molecule has 2 aromatic carbocycles. The van der Waals surface area contributed by atoms with E-state index in [0.717, 1.165) is 5.69 Å². The van der Waals surface area contributed by atoms with Crippen LogP contribution in [0.5, 0.6) is 5.75 Å². The zero-order valence-corrected chi connectivity index (χ0v) is 16.3. The molecule has 3 aromatic rings. The van der Waals surface area contributed by atoms with Crippen LogP contribution in [0.4, 0.5) is 10.8 Å². The lowest BCUT2D eigenvalue weighted by Gasteiger charge is -2.10. The lowest BCUT2D eigenvalue weighted by molar-refractivity contribution is -0.116. The molecule has 0 bridgehead atoms. The summed E-state index contributed by atoms with van der Waals surface area (Å²) in [6.45, 7) is 2.43. The third-order valence-corrected chi connectivity index (χ3v) is 4.68. The van der Waals surface area contributed by atoms with Gasteiger partial charge in [-0.3, -0.25) is 14.9 Å². The number of aryl methyl sites for hydroxylation is 1. The summed E-state index contributed by atoms with van der Waals surface area (Å²) in [7, 11) is 0. The predicted molar refractivity (Wildman–Crippen MR) is 111 cm³/mol. The first-order valence-corrected chi connectivity index (χ1v) is 9.86. The second kappa shape index (κ2) is 9.66. The molecule has 0 spiro atoms. The van der Waals surface area contributed by atoms with Gasteiger partial charge in [0.15, 0.2) is 5.13 Å². The second-order valence-corrected chi connectivity index (χ2v) is 6.80. The van der Waals surface area contributed by atoms with Crippen LogP contribution in [-0.2, 0) is 11.2 Å². The average Bonchev–Trinajstić information content (AvgIpc) is 3.16. The number of thiazole rings is 1. The zero-order valence-electron chi connectivity index (χ0n) is 15.5. The van der Waals surface area contributed by atoms with Gasteiger partial charge in [0.25, 0.3) is 5.91 Å². The molecule has 0 aliphatic carbocycles. The number of aromatic nitrogens is 1. The summed E-state index contributed by atoms with van der Waals surface area (Å²) in [6, 6.07) is 16.3. The molecular formula is C21H21N3O3S. The van der Waals surface area contributed by atoms with E-state index in [4.69, 9.17) is 4.74 Å². The van der Waals surface area contributed by atoms with Gasteiger partial charge < -0.3 is 10.1 Å². The van der Waals surface area contributed by atoms with Gasteiger partial charge in [-0.1, -0.05) is 30.3 Å². The minimum Gasteiger partial charge on any atom is -0.492 e. The van der Waals surface area contributed by atoms with Crippen molar-refractivity contribution in [2.45, 2.75) is 19.8 Å². The molecule has 1 heterocycles. The van der Waals surface area contributed by atoms with E-state index >= 15 is 0 Å². The Kier molecular flexibility index (Phi) is 6.75. The smallest absolute Gasteiger partial charge is 0.257 e. The van der Waals surface area contributed by atoms with E-state index in [1.807, 2.05) is 54.8 Å². The summed E-state index contributed by atoms with van der Waals surface area (Å²) in [5, 5.41) is 8.02. The van der Waals surface area contributed by atoms with Crippen molar-refractivity contribution in [2.75, 3.05) is 17.2 Å². The minimum absolute atomic E-state index is 0.116. The van der Waals surface area contributed by atoms with E-state index in [-0.39, 0.29) is 18.2 Å². The van der Waals surface area contributed by atoms with Crippen LogP contribution in [0.15, 0.2) is 60.0 Å². The molecule has 144 valence electrons. The lowest BCUT2D eigenvalue weighted by atomic mass is 10.2. The third kappa shape index (κ3) is 5.40. The van der Waals surface area contributed by atoms with Gasteiger partial charge in [0, 0.05) is 17.4 Å². The van der Waals surface area contributed by atoms with E-state index < -0.39 is 0 Å². The third-order valence-electron chi connectivity index (χ3n) is 3.88. The molecule has 6 nitrogen and oxygen atoms in total. The van der Waals surface area contributed by atoms with Crippen LogP contribution in [0, 0.1) is 0 Å². The number of carbonyl (C=O) groups is 2. The Hall–Kier alpha value is -3.19. The van der Waals surface area contributed by atoms with E-state index in [1.54, 1.807) is 12.1 Å². The SMILES string of the molecule is CCOc1ccccc1NC(=O)CCc1csc(NC(=O)c2ccccc2)n1. The predicted octanol–water partition coefficient (Wildman–Crippen LogP) is 4.37. The molecule has 7 heteroatoms. The van der Waals surface area contributed by atoms with Crippen LogP contribution < -0.4 is 15.4 Å². The van der Waals surface area contributed by atoms with E-state index in [1.165, 1.54) is 11.3 Å². The second-order valence-electron chi connectivity index (χ2n) is 5.94. The maximum absolute atomic E-state index is 12.3. The Balaban J connectivity index is 1.52. The zero-order chi connectivity index (χ0) is 19.8. The molecule has 0 fully saturated rings. The van der Waals surface area contributed by atoms with E-state index in [0.29, 0.717) is 35.2 Å². The number of amides is 2. The molecule has 1 aromatic heterocycles. The Labute approximate surface area is 167 Å². The highest BCUT2D eigenvalue weighted by Gasteiger charge is 2.11. The number of hydrogen-bond donors (Lipinski definition) is 2. The molecule has 0 atom stereocenters. The summed E-state index contributed by atoms with van der Waals surface area (Å²) in [5.41, 5.74) is 2.00. The van der Waals surface area contributed by atoms with Gasteiger partial charge in [-0.15, -0.1) is 11.3 Å². The van der Waals surface area contributed by atoms with Crippen LogP contribution >= 0.6 is 11.3 Å². The van der Waals surface area contributed by atoms with Gasteiger partial charge >= 0.3 is 0 Å². The maximum atomic E-state index is 12.3. The molecule has 0 saturated heterocycles. The largest absolute Gasteiger partial charge is 0.492 e. The van der Waals surface area contributed by atoms with Crippen LogP contribution in [0.3, 0.4) is 0 Å². The number of nitrogens with one attached hydrogen (secondary N) is 2. The molecule has 2 N–H and O–H groups in total. The summed E-state index contributed by atoms with van der Waals surface area (Å²) < 4.78 is 5.51. The van der Waals surface area contributed by atoms with E-state index in [2.05, 4.69) is 15.6 Å². The van der Waals surface area contributed by atoms with Crippen LogP contribution in [-0.4, -0.2) is 23.4 Å². The fraction of sp³-hybridized carbons (Fsp3) is 0.190. The number of hydrogen-bond acceptors (Lipinski definition) is 5. The van der Waals surface area contributed by atoms with Crippen molar-refractivity contribution in [3.8, 4) is 5.75 Å². The fourth-order valence-electron chi connectivity index (χ4n) is 2.54. The molecule has 0 radical (unpaired) electrons. The lowest BCUT2D eigenvalue weighted by Crippen LogP contribution is -2.13. The van der Waals surface area contributed by atoms with Gasteiger partial charge in [0.05, 0.1) is 18.0 Å². The number of nitrogens with zero attached hydrogens (tertiary/aromatic N) is 1. The number of anilines is 2. The molecular weight excluding hydrogens is 374 g/mol. The van der Waals surface area contributed by atoms with Gasteiger partial charge in [-0.05, 0) is 37.6 Å². The molecule has 28 heavy (non-hydrogen) atoms. The van der Waals surface area contributed by atoms with Crippen molar-refractivity contribution in [1.29, 1.82) is 0 Å². The van der Waals surface area contributed by atoms with Gasteiger partial charge in [0.1, 0.15) is 5.75 Å². The van der Waals surface area contributed by atoms with Gasteiger partial charge in [-0.2, -0.15) is 0 Å². The van der Waals surface area contributed by atoms with Crippen LogP contribution in [0.25, 0.3) is 0 Å². The number of carbonyl (C=O) groups excluding carboxylic acids is 2. The minimum atomic E-state index is -0.202. The van der Waals surface area contributed by atoms with Crippen molar-refractivity contribution in [1.82, 2.24) is 4.98 Å². The molecule has 0 aliphatic rings. The first kappa shape index (κ1) is 19.6. The Bertz CT molecular complexity index is 941. The Morgan fingerprint density at radius 2 is 1.79 bits per heavy atom. The fourth-order valence-corrected chi connectivity index (χ4v) is 3.28. The summed E-state index contributed by atoms with van der Waals surface area (Å²) >= 11 is 1.34. The maximum Gasteiger partial charge on any atom is 0.257 e. The summed E-state index contributed by atoms with van der Waals surface area (Å²) in [4.78, 5) is 28.8. The van der Waals surface area contributed by atoms with Crippen LogP contribution in [0.2, 0.25) is 0 Å². The van der Waals surface area contributed by atoms with Crippen molar-refractivity contribution in [3.05, 3.63) is 71.2 Å². The number of benzene rings is 2. The van der Waals surface area contributed by atoms with Gasteiger partial charge in [0.2, 0.25) is 5.91 Å². The molecule has 0 unspecified atom stereocenters. The molecule has 2 amide bonds. The van der Waals surface area contributed by atoms with Crippen molar-refractivity contribution in [3.63, 3.8) is 0 Å². The normalized spacial score (nSPS) is 10.3. The van der Waals surface area contributed by atoms with Crippen LogP contribution in [0.1, 0.15) is 29.4 Å². The summed E-state index contributed by atoms with van der Waals surface area (Å²) in [5.74, 6) is 0.333. The first-order valence-electron chi connectivity index (χ1n) is 8.98. The van der Waals surface area contributed by atoms with Crippen molar-refractivity contribution in [2.24, 2.45) is 0 Å². The van der Waals surface area contributed by atoms with E-state index in [9.17, 15) is 9.59 Å². The standard InChI is InChI=1S/C21H21N3O3S/c1-2-27-18-11-7-6-10-17(18)23-19(25)13-12-16-14-28-21(22-16)24-20(26)15-8-4-3-5-9-15/h3-11,14H,2,12-13H2,1H3,(H,23,25)(H,22,24,26). The molecule has 0 aliphatic heterocycles. The molecule has 0 saturated carbocycles. The number of rotatable bonds is 8. The monoisotopic (exact) mass is 395 g/mol. The highest BCUT2D eigenvalue weighted by molar-refractivity contribution is 7.14. The highest BCUT2D eigenvalue weighted by atomic mass is 32.1. The quantitative estimate of drug-likeness (QED) is 0.594. The Morgan fingerprint density at radius 3 is 2.57 bits per heavy atom. The summed E-state index contributed by atoms with van der Waals surface area (Å²) in [6.07, 6.45) is 0.774. The number of ether oxygens (including phenoxy) is 1. The average molecular weight is 395 g/mol. The van der Waals surface area contributed by atoms with Gasteiger partial charge in [-0.25, -0.2) is 4.98 Å². The highest BCUT2D eigenvalue weighted by Crippen LogP contribution is 2.24. The Morgan fingerprint density at radius 1 is 1.04 bits per heavy atom. The van der Waals surface area contributed by atoms with Crippen molar-refractivity contribution < 1.29 is 14.3 Å². The number of para-hydroxylation sites is 2.